The number of carbonyl (C=O) groups excluding carboxylic acids is 2. The summed E-state index contributed by atoms with van der Waals surface area (Å²) >= 11 is 0. The largest absolute Gasteiger partial charge is 0.416 e. The second-order valence-electron chi connectivity index (χ2n) is 16.4. The van der Waals surface area contributed by atoms with E-state index in [9.17, 15) is 46.1 Å². The van der Waals surface area contributed by atoms with E-state index in [1.165, 1.54) is 24.3 Å². The van der Waals surface area contributed by atoms with Crippen molar-refractivity contribution in [3.8, 4) is 22.5 Å². The summed E-state index contributed by atoms with van der Waals surface area (Å²) in [5.74, 6) is 0.291. The van der Waals surface area contributed by atoms with Gasteiger partial charge < -0.3 is 51.2 Å². The molecule has 2 saturated heterocycles. The molecule has 6 aromatic rings. The Bertz CT molecular complexity index is 2840. The number of halogens is 6. The number of rotatable bonds is 12. The molecule has 2 amide bonds. The van der Waals surface area contributed by atoms with Gasteiger partial charge in [0.25, 0.3) is 11.8 Å². The predicted molar refractivity (Wildman–Crippen MR) is 255 cm³/mol. The van der Waals surface area contributed by atoms with E-state index in [0.29, 0.717) is 92.6 Å². The first kappa shape index (κ1) is 51.5. The van der Waals surface area contributed by atoms with E-state index in [0.717, 1.165) is 41.0 Å². The molecule has 0 radical (unpaired) electrons. The normalized spacial score (nSPS) is 14.1. The van der Waals surface area contributed by atoms with E-state index in [1.807, 2.05) is 24.8 Å². The van der Waals surface area contributed by atoms with Gasteiger partial charge in [0.05, 0.1) is 68.2 Å². The van der Waals surface area contributed by atoms with E-state index in [4.69, 9.17) is 15.2 Å². The predicted octanol–water partition coefficient (Wildman–Crippen LogP) is 7.47. The second-order valence-corrected chi connectivity index (χ2v) is 16.4. The number of ether oxygens (including phenoxy) is 2. The van der Waals surface area contributed by atoms with Crippen LogP contribution in [0.2, 0.25) is 0 Å². The Labute approximate surface area is 403 Å². The molecule has 2 aliphatic rings. The Hall–Kier alpha value is -7.40. The zero-order valence-electron chi connectivity index (χ0n) is 38.4. The number of aliphatic hydroxyl groups excluding tert-OH is 2. The molecule has 0 bridgehead atoms. The summed E-state index contributed by atoms with van der Waals surface area (Å²) in [4.78, 5) is 47.2. The van der Waals surface area contributed by atoms with Gasteiger partial charge in [0.1, 0.15) is 11.6 Å². The number of nitrogens with two attached hydrogens (primary N) is 1. The van der Waals surface area contributed by atoms with Crippen molar-refractivity contribution in [3.63, 3.8) is 0 Å². The van der Waals surface area contributed by atoms with E-state index in [-0.39, 0.29) is 36.2 Å². The number of aromatic nitrogens is 4. The van der Waals surface area contributed by atoms with Crippen LogP contribution in [0, 0.1) is 13.8 Å². The smallest absolute Gasteiger partial charge is 0.394 e. The third-order valence-electron chi connectivity index (χ3n) is 11.3. The minimum absolute atomic E-state index is 0.0900. The first-order valence-electron chi connectivity index (χ1n) is 22.2. The van der Waals surface area contributed by atoms with Crippen LogP contribution in [0.25, 0.3) is 22.5 Å². The fourth-order valence-corrected chi connectivity index (χ4v) is 7.50. The van der Waals surface area contributed by atoms with Crippen LogP contribution in [0.4, 0.5) is 61.2 Å². The monoisotopic (exact) mass is 988 g/mol. The van der Waals surface area contributed by atoms with E-state index >= 15 is 0 Å². The molecule has 2 fully saturated rings. The van der Waals surface area contributed by atoms with Crippen molar-refractivity contribution in [2.45, 2.75) is 32.2 Å². The first-order valence-corrected chi connectivity index (χ1v) is 22.2. The van der Waals surface area contributed by atoms with Gasteiger partial charge in [-0.2, -0.15) is 36.3 Å². The molecule has 22 heteroatoms. The van der Waals surface area contributed by atoms with E-state index in [2.05, 4.69) is 40.8 Å². The third kappa shape index (κ3) is 13.5. The van der Waals surface area contributed by atoms with Crippen molar-refractivity contribution in [1.82, 2.24) is 19.9 Å². The molecule has 2 aliphatic heterocycles. The van der Waals surface area contributed by atoms with Crippen LogP contribution in [0.5, 0.6) is 0 Å². The number of nitrogens with zero attached hydrogens (tertiary/aromatic N) is 6. The number of nitrogens with one attached hydrogen (secondary N) is 3. The van der Waals surface area contributed by atoms with Crippen LogP contribution in [0.3, 0.4) is 0 Å². The lowest BCUT2D eigenvalue weighted by Gasteiger charge is -2.28. The van der Waals surface area contributed by atoms with Gasteiger partial charge in [-0.05, 0) is 85.6 Å². The zero-order chi connectivity index (χ0) is 50.9. The maximum absolute atomic E-state index is 13.1. The van der Waals surface area contributed by atoms with Gasteiger partial charge in [-0.1, -0.05) is 24.3 Å². The van der Waals surface area contributed by atoms with Crippen molar-refractivity contribution in [2.75, 3.05) is 97.3 Å². The Morgan fingerprint density at radius 2 is 1.06 bits per heavy atom. The topological polar surface area (TPSA) is 213 Å². The summed E-state index contributed by atoms with van der Waals surface area (Å²) in [6, 6.07) is 21.7. The maximum atomic E-state index is 13.1. The molecule has 7 N–H and O–H groups in total. The fourth-order valence-electron chi connectivity index (χ4n) is 7.50. The molecule has 0 saturated carbocycles. The number of carbonyl (C=O) groups is 2. The molecule has 71 heavy (non-hydrogen) atoms. The van der Waals surface area contributed by atoms with Crippen LogP contribution in [0.1, 0.15) is 43.0 Å². The van der Waals surface area contributed by atoms with Crippen LogP contribution < -0.4 is 31.5 Å². The van der Waals surface area contributed by atoms with Crippen molar-refractivity contribution < 1.29 is 55.6 Å². The average Bonchev–Trinajstić information content (AvgIpc) is 3.36. The summed E-state index contributed by atoms with van der Waals surface area (Å²) in [5.41, 5.74) is 8.95. The summed E-state index contributed by atoms with van der Waals surface area (Å²) in [5, 5.41) is 27.3. The van der Waals surface area contributed by atoms with Gasteiger partial charge in [0.2, 0.25) is 11.9 Å². The molecule has 4 aromatic carbocycles. The van der Waals surface area contributed by atoms with Gasteiger partial charge >= 0.3 is 12.4 Å². The molecule has 0 unspecified atom stereocenters. The molecule has 0 spiro atoms. The molecular weight excluding hydrogens is 939 g/mol. The van der Waals surface area contributed by atoms with Gasteiger partial charge in [0, 0.05) is 71.9 Å². The molecule has 2 aromatic heterocycles. The molecule has 4 heterocycles. The highest BCUT2D eigenvalue weighted by atomic mass is 19.4. The quantitative estimate of drug-likeness (QED) is 0.0657. The van der Waals surface area contributed by atoms with Crippen LogP contribution in [-0.2, 0) is 21.8 Å². The van der Waals surface area contributed by atoms with E-state index < -0.39 is 41.3 Å². The number of aliphatic hydroxyl groups is 2. The van der Waals surface area contributed by atoms with Gasteiger partial charge in [0.15, 0.2) is 0 Å². The van der Waals surface area contributed by atoms with Crippen LogP contribution >= 0.6 is 0 Å². The number of anilines is 6. The fraction of sp³-hybridized carbons (Fsp3) is 0.306. The Morgan fingerprint density at radius 3 is 1.49 bits per heavy atom. The standard InChI is InChI=1S/C26H28F3N5O4.C23H22F3N5O2/c1-16-5-6-19(30-24(37)17-3-2-4-18(11-17)26(27,28)29)12-21(16)22-13-23(34-7-9-38-10-8-34)33-25(32-22)31-20(14-35)15-36;1-14-5-6-17(28-21(32)15-3-2-4-16(11-15)23(24,25)26)12-18(14)19-13-20(30-22(27)29-19)31-7-9-33-10-8-31/h2-6,11-13,20,35-36H,7-10,14-15H2,1H3,(H,30,37)(H,31,32,33);2-6,11-13H,7-10H2,1H3,(H,28,32)(H2,27,29,30). The number of alkyl halides is 6. The minimum atomic E-state index is -4.56. The number of benzene rings is 4. The third-order valence-corrected chi connectivity index (χ3v) is 11.3. The lowest BCUT2D eigenvalue weighted by atomic mass is 10.0. The zero-order valence-corrected chi connectivity index (χ0v) is 38.4. The van der Waals surface area contributed by atoms with Crippen molar-refractivity contribution in [2.24, 2.45) is 0 Å². The number of hydrogen-bond acceptors (Lipinski definition) is 14. The molecule has 374 valence electrons. The summed E-state index contributed by atoms with van der Waals surface area (Å²) < 4.78 is 89.0. The summed E-state index contributed by atoms with van der Waals surface area (Å²) in [6.07, 6.45) is -9.09. The SMILES string of the molecule is Cc1ccc(NC(=O)c2cccc(C(F)(F)F)c2)cc1-c1cc(N2CCOCC2)nc(N)n1.Cc1ccc(NC(=O)c2cccc(C(F)(F)F)c2)cc1-c1cc(N2CCOCC2)nc(NC(CO)CO)n1. The lowest BCUT2D eigenvalue weighted by molar-refractivity contribution is -0.138. The molecule has 0 aliphatic carbocycles. The minimum Gasteiger partial charge on any atom is -0.394 e. The highest BCUT2D eigenvalue weighted by molar-refractivity contribution is 6.05. The molecule has 0 atom stereocenters. The molecule has 8 rings (SSSR count). The highest BCUT2D eigenvalue weighted by Crippen LogP contribution is 2.34. The lowest BCUT2D eigenvalue weighted by Crippen LogP contribution is -2.37. The van der Waals surface area contributed by atoms with Gasteiger partial charge in [-0.25, -0.2) is 9.97 Å². The Balaban J connectivity index is 0.000000211. The number of nitrogen functional groups attached to an aromatic ring is 1. The Morgan fingerprint density at radius 1 is 0.620 bits per heavy atom. The van der Waals surface area contributed by atoms with Crippen LogP contribution in [0.15, 0.2) is 97.1 Å². The molecular formula is C49H50F6N10O6. The number of amides is 2. The van der Waals surface area contributed by atoms with Gasteiger partial charge in [-0.3, -0.25) is 9.59 Å². The molecule has 16 nitrogen and oxygen atoms in total. The van der Waals surface area contributed by atoms with Crippen molar-refractivity contribution in [3.05, 3.63) is 130 Å². The number of aryl methyl sites for hydroxylation is 2. The number of hydrogen-bond donors (Lipinski definition) is 6. The first-order chi connectivity index (χ1) is 33.9. The van der Waals surface area contributed by atoms with Crippen molar-refractivity contribution >= 4 is 46.7 Å². The average molecular weight is 989 g/mol. The van der Waals surface area contributed by atoms with Crippen LogP contribution in [-0.4, -0.2) is 114 Å². The van der Waals surface area contributed by atoms with Gasteiger partial charge in [-0.15, -0.1) is 0 Å². The number of morpholine rings is 2. The van der Waals surface area contributed by atoms with Crippen molar-refractivity contribution in [1.29, 1.82) is 0 Å². The highest BCUT2D eigenvalue weighted by Gasteiger charge is 2.32. The summed E-state index contributed by atoms with van der Waals surface area (Å²) in [7, 11) is 0. The maximum Gasteiger partial charge on any atom is 0.416 e. The Kier molecular flexibility index (Phi) is 16.4. The van der Waals surface area contributed by atoms with E-state index in [1.54, 1.807) is 42.5 Å². The second kappa shape index (κ2) is 22.6. The summed E-state index contributed by atoms with van der Waals surface area (Å²) in [6.45, 7) is 7.95.